The van der Waals surface area contributed by atoms with Crippen LogP contribution >= 0.6 is 0 Å². The van der Waals surface area contributed by atoms with Crippen LogP contribution in [0, 0.1) is 23.2 Å². The van der Waals surface area contributed by atoms with Gasteiger partial charge in [-0.2, -0.15) is 5.26 Å². The fourth-order valence-corrected chi connectivity index (χ4v) is 2.91. The minimum Gasteiger partial charge on any atom is -0.338 e. The van der Waals surface area contributed by atoms with Crippen LogP contribution in [0.5, 0.6) is 0 Å². The van der Waals surface area contributed by atoms with E-state index in [0.717, 1.165) is 45.1 Å². The summed E-state index contributed by atoms with van der Waals surface area (Å²) in [7, 11) is 0. The number of carbonyl (C=O) groups is 1. The largest absolute Gasteiger partial charge is 0.338 e. The molecule has 0 unspecified atom stereocenters. The molecule has 4 heteroatoms. The first-order valence-electron chi connectivity index (χ1n) is 7.13. The van der Waals surface area contributed by atoms with Crippen molar-refractivity contribution >= 4 is 5.91 Å². The van der Waals surface area contributed by atoms with Crippen molar-refractivity contribution in [1.82, 2.24) is 4.90 Å². The van der Waals surface area contributed by atoms with Gasteiger partial charge >= 0.3 is 0 Å². The smallest absolute Gasteiger partial charge is 0.225 e. The number of carbonyl (C=O) groups excluding carboxylic acids is 1. The van der Waals surface area contributed by atoms with Crippen LogP contribution in [0.4, 0.5) is 0 Å². The Hall–Kier alpha value is -1.08. The summed E-state index contributed by atoms with van der Waals surface area (Å²) in [5.74, 6) is 1.10. The second-order valence-corrected chi connectivity index (χ2v) is 5.62. The van der Waals surface area contributed by atoms with Gasteiger partial charge in [0.05, 0.1) is 12.5 Å². The molecule has 1 amide bonds. The zero-order valence-corrected chi connectivity index (χ0v) is 11.0. The molecule has 100 valence electrons. The van der Waals surface area contributed by atoms with Gasteiger partial charge in [-0.05, 0) is 51.0 Å². The Labute approximate surface area is 109 Å². The molecule has 2 aliphatic carbocycles. The minimum atomic E-state index is 0.187. The lowest BCUT2D eigenvalue weighted by Crippen LogP contribution is -2.40. The molecule has 4 nitrogen and oxygen atoms in total. The third kappa shape index (κ3) is 3.23. The van der Waals surface area contributed by atoms with Crippen molar-refractivity contribution in [2.45, 2.75) is 51.0 Å². The van der Waals surface area contributed by atoms with Crippen molar-refractivity contribution in [2.24, 2.45) is 17.6 Å². The van der Waals surface area contributed by atoms with E-state index in [1.54, 1.807) is 0 Å². The van der Waals surface area contributed by atoms with Crippen molar-refractivity contribution in [1.29, 1.82) is 5.26 Å². The predicted molar refractivity (Wildman–Crippen MR) is 69.5 cm³/mol. The Morgan fingerprint density at radius 1 is 1.22 bits per heavy atom. The summed E-state index contributed by atoms with van der Waals surface area (Å²) in [5.41, 5.74) is 5.68. The Kier molecular flexibility index (Phi) is 4.60. The summed E-state index contributed by atoms with van der Waals surface area (Å²) < 4.78 is 0. The topological polar surface area (TPSA) is 70.1 Å². The lowest BCUT2D eigenvalue weighted by atomic mass is 9.81. The highest BCUT2D eigenvalue weighted by Gasteiger charge is 2.36. The number of rotatable bonds is 5. The van der Waals surface area contributed by atoms with E-state index in [1.165, 1.54) is 0 Å². The fraction of sp³-hybridized carbons (Fsp3) is 0.857. The number of nitrogens with two attached hydrogens (primary N) is 1. The van der Waals surface area contributed by atoms with Gasteiger partial charge in [-0.15, -0.1) is 0 Å². The lowest BCUT2D eigenvalue weighted by Gasteiger charge is -2.31. The molecule has 0 aromatic rings. The molecule has 18 heavy (non-hydrogen) atoms. The van der Waals surface area contributed by atoms with E-state index in [1.807, 2.05) is 4.90 Å². The van der Waals surface area contributed by atoms with Gasteiger partial charge in [0.2, 0.25) is 5.91 Å². The highest BCUT2D eigenvalue weighted by molar-refractivity contribution is 5.79. The van der Waals surface area contributed by atoms with Gasteiger partial charge < -0.3 is 10.6 Å². The zero-order chi connectivity index (χ0) is 13.0. The van der Waals surface area contributed by atoms with E-state index in [9.17, 15) is 4.79 Å². The molecule has 0 atom stereocenters. The summed E-state index contributed by atoms with van der Waals surface area (Å²) in [6.07, 6.45) is 6.84. The highest BCUT2D eigenvalue weighted by atomic mass is 16.2. The van der Waals surface area contributed by atoms with Crippen molar-refractivity contribution in [3.63, 3.8) is 0 Å². The number of nitrogens with zero attached hydrogens (tertiary/aromatic N) is 2. The molecular formula is C14H23N3O. The van der Waals surface area contributed by atoms with Gasteiger partial charge in [-0.1, -0.05) is 0 Å². The minimum absolute atomic E-state index is 0.187. The zero-order valence-electron chi connectivity index (χ0n) is 11.0. The quantitative estimate of drug-likeness (QED) is 0.805. The molecular weight excluding hydrogens is 226 g/mol. The number of amides is 1. The molecule has 0 aromatic heterocycles. The van der Waals surface area contributed by atoms with Crippen LogP contribution in [0.1, 0.15) is 44.9 Å². The van der Waals surface area contributed by atoms with Crippen molar-refractivity contribution < 1.29 is 4.79 Å². The number of hydrogen-bond acceptors (Lipinski definition) is 3. The molecule has 0 aliphatic heterocycles. The second-order valence-electron chi connectivity index (χ2n) is 5.62. The first-order valence-corrected chi connectivity index (χ1v) is 7.13. The van der Waals surface area contributed by atoms with Crippen LogP contribution in [0.15, 0.2) is 0 Å². The van der Waals surface area contributed by atoms with E-state index < -0.39 is 0 Å². The second kappa shape index (κ2) is 6.19. The number of hydrogen-bond donors (Lipinski definition) is 1. The molecule has 0 heterocycles. The van der Waals surface area contributed by atoms with Gasteiger partial charge in [0.1, 0.15) is 0 Å². The summed E-state index contributed by atoms with van der Waals surface area (Å²) in [6, 6.07) is 2.57. The van der Waals surface area contributed by atoms with Crippen LogP contribution in [0.2, 0.25) is 0 Å². The van der Waals surface area contributed by atoms with Gasteiger partial charge in [0.15, 0.2) is 0 Å². The van der Waals surface area contributed by atoms with Crippen LogP contribution < -0.4 is 5.73 Å². The van der Waals surface area contributed by atoms with Gasteiger partial charge in [-0.3, -0.25) is 4.79 Å². The normalized spacial score (nSPS) is 27.6. The van der Waals surface area contributed by atoms with Crippen molar-refractivity contribution in [2.75, 3.05) is 13.1 Å². The maximum absolute atomic E-state index is 12.5. The third-order valence-corrected chi connectivity index (χ3v) is 4.26. The number of nitriles is 1. The SMILES string of the molecule is N#CCCN(C(=O)C1CCC(CN)CC1)C1CC1. The molecule has 2 rings (SSSR count). The molecule has 2 saturated carbocycles. The monoisotopic (exact) mass is 249 g/mol. The third-order valence-electron chi connectivity index (χ3n) is 4.26. The predicted octanol–water partition coefficient (Wildman–Crippen LogP) is 1.66. The molecule has 0 saturated heterocycles. The Bertz CT molecular complexity index is 324. The van der Waals surface area contributed by atoms with Crippen LogP contribution in [-0.2, 0) is 4.79 Å². The van der Waals surface area contributed by atoms with Crippen LogP contribution in [-0.4, -0.2) is 29.9 Å². The molecule has 0 aromatic carbocycles. The molecule has 0 spiro atoms. The van der Waals surface area contributed by atoms with E-state index in [-0.39, 0.29) is 5.92 Å². The van der Waals surface area contributed by atoms with Crippen molar-refractivity contribution in [3.8, 4) is 6.07 Å². The standard InChI is InChI=1S/C14H23N3O/c15-8-1-9-17(13-6-7-13)14(18)12-4-2-11(10-16)3-5-12/h11-13H,1-7,9-10,16H2. The molecule has 2 aliphatic rings. The molecule has 0 radical (unpaired) electrons. The van der Waals surface area contributed by atoms with E-state index in [2.05, 4.69) is 6.07 Å². The maximum atomic E-state index is 12.5. The molecule has 2 N–H and O–H groups in total. The summed E-state index contributed by atoms with van der Waals surface area (Å²) >= 11 is 0. The Morgan fingerprint density at radius 3 is 2.39 bits per heavy atom. The Balaban J connectivity index is 1.86. The average Bonchev–Trinajstić information content (AvgIpc) is 3.24. The summed E-state index contributed by atoms with van der Waals surface area (Å²) in [6.45, 7) is 1.37. The van der Waals surface area contributed by atoms with E-state index in [4.69, 9.17) is 11.0 Å². The first kappa shape index (κ1) is 13.4. The van der Waals surface area contributed by atoms with Gasteiger partial charge in [0, 0.05) is 18.5 Å². The van der Waals surface area contributed by atoms with Crippen molar-refractivity contribution in [3.05, 3.63) is 0 Å². The maximum Gasteiger partial charge on any atom is 0.225 e. The first-order chi connectivity index (χ1) is 8.76. The highest BCUT2D eigenvalue weighted by Crippen LogP contribution is 2.33. The summed E-state index contributed by atoms with van der Waals surface area (Å²) in [5, 5.41) is 8.67. The molecule has 0 bridgehead atoms. The van der Waals surface area contributed by atoms with Crippen LogP contribution in [0.3, 0.4) is 0 Å². The van der Waals surface area contributed by atoms with Crippen LogP contribution in [0.25, 0.3) is 0 Å². The van der Waals surface area contributed by atoms with E-state index >= 15 is 0 Å². The van der Waals surface area contributed by atoms with E-state index in [0.29, 0.717) is 30.8 Å². The fourth-order valence-electron chi connectivity index (χ4n) is 2.91. The average molecular weight is 249 g/mol. The van der Waals surface area contributed by atoms with Gasteiger partial charge in [-0.25, -0.2) is 0 Å². The lowest BCUT2D eigenvalue weighted by molar-refractivity contribution is -0.137. The van der Waals surface area contributed by atoms with Gasteiger partial charge in [0.25, 0.3) is 0 Å². The Morgan fingerprint density at radius 2 is 1.89 bits per heavy atom. The summed E-state index contributed by atoms with van der Waals surface area (Å²) in [4.78, 5) is 14.4. The molecule has 2 fully saturated rings.